The minimum atomic E-state index is -1.08. The van der Waals surface area contributed by atoms with Crippen molar-refractivity contribution in [1.82, 2.24) is 14.8 Å². The number of hydrogen-bond acceptors (Lipinski definition) is 6. The van der Waals surface area contributed by atoms with E-state index < -0.39 is 12.1 Å². The lowest BCUT2D eigenvalue weighted by atomic mass is 10.2. The summed E-state index contributed by atoms with van der Waals surface area (Å²) in [4.78, 5) is 42.4. The minimum absolute atomic E-state index is 0.133. The van der Waals surface area contributed by atoms with Crippen LogP contribution in [0, 0.1) is 0 Å². The number of rotatable bonds is 5. The third-order valence-corrected chi connectivity index (χ3v) is 5.02. The summed E-state index contributed by atoms with van der Waals surface area (Å²) in [5.41, 5.74) is 1.37. The molecule has 0 saturated carbocycles. The number of fused-ring (bicyclic) bond motifs is 1. The van der Waals surface area contributed by atoms with Gasteiger partial charge in [0, 0.05) is 32.8 Å². The molecule has 1 saturated heterocycles. The fourth-order valence-corrected chi connectivity index (χ4v) is 3.65. The molecular weight excluding hydrogens is 358 g/mol. The van der Waals surface area contributed by atoms with Gasteiger partial charge in [-0.15, -0.1) is 11.3 Å². The van der Waals surface area contributed by atoms with Crippen LogP contribution in [0.25, 0.3) is 10.2 Å². The predicted molar refractivity (Wildman–Crippen MR) is 95.2 cm³/mol. The molecular formula is C17H19N3O5S. The molecule has 0 aromatic carbocycles. The number of carboxylic acids is 1. The zero-order chi connectivity index (χ0) is 18.7. The molecule has 1 unspecified atom stereocenters. The molecule has 2 aromatic rings. The van der Waals surface area contributed by atoms with Crippen molar-refractivity contribution in [2.45, 2.75) is 13.0 Å². The first kappa shape index (κ1) is 18.3. The fraction of sp³-hybridized carbons (Fsp3) is 0.412. The number of carboxylic acid groups (broad SMARTS) is 1. The number of pyridine rings is 1. The van der Waals surface area contributed by atoms with E-state index in [4.69, 9.17) is 9.84 Å². The van der Waals surface area contributed by atoms with E-state index in [1.54, 1.807) is 11.1 Å². The van der Waals surface area contributed by atoms with Crippen LogP contribution in [-0.4, -0.2) is 76.6 Å². The molecule has 0 radical (unpaired) electrons. The lowest BCUT2D eigenvalue weighted by Gasteiger charge is -2.35. The van der Waals surface area contributed by atoms with Gasteiger partial charge in [0.1, 0.15) is 6.54 Å². The first-order chi connectivity index (χ1) is 12.4. The van der Waals surface area contributed by atoms with Gasteiger partial charge in [-0.2, -0.15) is 0 Å². The molecule has 8 nitrogen and oxygen atoms in total. The highest BCUT2D eigenvalue weighted by molar-refractivity contribution is 7.17. The van der Waals surface area contributed by atoms with Crippen LogP contribution in [0.4, 0.5) is 0 Å². The summed E-state index contributed by atoms with van der Waals surface area (Å²) < 4.78 is 6.57. The van der Waals surface area contributed by atoms with Crippen LogP contribution in [0.15, 0.2) is 23.7 Å². The molecule has 1 aliphatic heterocycles. The Balaban J connectivity index is 1.67. The molecule has 0 bridgehead atoms. The lowest BCUT2D eigenvalue weighted by Crippen LogP contribution is -2.51. The number of hydrogen-bond donors (Lipinski definition) is 1. The minimum Gasteiger partial charge on any atom is -0.480 e. The number of carbonyl (C=O) groups is 3. The number of carbonyl (C=O) groups excluding carboxylic acids is 2. The van der Waals surface area contributed by atoms with Gasteiger partial charge in [0.2, 0.25) is 5.91 Å². The van der Waals surface area contributed by atoms with Gasteiger partial charge < -0.3 is 19.6 Å². The van der Waals surface area contributed by atoms with E-state index in [9.17, 15) is 14.4 Å². The zero-order valence-electron chi connectivity index (χ0n) is 14.3. The molecule has 1 aliphatic rings. The Kier molecular flexibility index (Phi) is 5.48. The molecule has 1 N–H and O–H groups in total. The van der Waals surface area contributed by atoms with Gasteiger partial charge in [0.05, 0.1) is 28.5 Å². The van der Waals surface area contributed by atoms with Gasteiger partial charge in [0.25, 0.3) is 5.91 Å². The zero-order valence-corrected chi connectivity index (χ0v) is 15.1. The molecule has 1 fully saturated rings. The number of aromatic nitrogens is 1. The Morgan fingerprint density at radius 3 is 3.00 bits per heavy atom. The van der Waals surface area contributed by atoms with Crippen LogP contribution in [0.5, 0.6) is 0 Å². The van der Waals surface area contributed by atoms with Gasteiger partial charge in [0.15, 0.2) is 0 Å². The van der Waals surface area contributed by atoms with Crippen LogP contribution in [0.3, 0.4) is 0 Å². The van der Waals surface area contributed by atoms with Crippen LogP contribution in [0.1, 0.15) is 17.3 Å². The molecule has 3 heterocycles. The maximum atomic E-state index is 12.8. The predicted octanol–water partition coefficient (Wildman–Crippen LogP) is 1.07. The highest BCUT2D eigenvalue weighted by atomic mass is 32.1. The summed E-state index contributed by atoms with van der Waals surface area (Å²) in [5, 5.41) is 10.8. The second-order valence-electron chi connectivity index (χ2n) is 6.07. The number of thiophene rings is 1. The Hall–Kier alpha value is -2.52. The summed E-state index contributed by atoms with van der Waals surface area (Å²) >= 11 is 1.53. The van der Waals surface area contributed by atoms with E-state index in [1.807, 2.05) is 17.5 Å². The van der Waals surface area contributed by atoms with E-state index in [0.717, 1.165) is 10.2 Å². The summed E-state index contributed by atoms with van der Waals surface area (Å²) in [6, 6.07) is 3.73. The van der Waals surface area contributed by atoms with Crippen molar-refractivity contribution in [3.63, 3.8) is 0 Å². The van der Waals surface area contributed by atoms with Crippen molar-refractivity contribution in [3.05, 3.63) is 29.3 Å². The van der Waals surface area contributed by atoms with Crippen molar-refractivity contribution >= 4 is 39.3 Å². The average molecular weight is 377 g/mol. The fourth-order valence-electron chi connectivity index (χ4n) is 2.87. The van der Waals surface area contributed by atoms with Crippen molar-refractivity contribution in [3.8, 4) is 0 Å². The smallest absolute Gasteiger partial charge is 0.323 e. The molecule has 2 aromatic heterocycles. The van der Waals surface area contributed by atoms with Crippen molar-refractivity contribution in [2.24, 2.45) is 0 Å². The van der Waals surface area contributed by atoms with Crippen molar-refractivity contribution < 1.29 is 24.2 Å². The van der Waals surface area contributed by atoms with Crippen LogP contribution >= 0.6 is 11.3 Å². The maximum Gasteiger partial charge on any atom is 0.323 e. The lowest BCUT2D eigenvalue weighted by molar-refractivity contribution is -0.145. The summed E-state index contributed by atoms with van der Waals surface area (Å²) in [6.07, 6.45) is 1.14. The Morgan fingerprint density at radius 2 is 2.27 bits per heavy atom. The SMILES string of the molecule is CC(=O)N(CC(=O)O)CC1CN(C(=O)c2cnc3ccsc3c2)CCO1. The third-order valence-electron chi connectivity index (χ3n) is 4.17. The Labute approximate surface area is 154 Å². The highest BCUT2D eigenvalue weighted by Gasteiger charge is 2.28. The van der Waals surface area contributed by atoms with Crippen LogP contribution in [0.2, 0.25) is 0 Å². The van der Waals surface area contributed by atoms with Crippen molar-refractivity contribution in [1.29, 1.82) is 0 Å². The standard InChI is InChI=1S/C17H19N3O5S/c1-11(21)20(10-16(22)23)9-13-8-19(3-4-25-13)17(24)12-6-15-14(18-7-12)2-5-26-15/h2,5-7,13H,3-4,8-10H2,1H3,(H,22,23). The number of amides is 2. The maximum absolute atomic E-state index is 12.8. The first-order valence-corrected chi connectivity index (χ1v) is 9.03. The van der Waals surface area contributed by atoms with E-state index in [0.29, 0.717) is 25.3 Å². The van der Waals surface area contributed by atoms with Crippen molar-refractivity contribution in [2.75, 3.05) is 32.8 Å². The van der Waals surface area contributed by atoms with E-state index >= 15 is 0 Å². The highest BCUT2D eigenvalue weighted by Crippen LogP contribution is 2.21. The molecule has 0 aliphatic carbocycles. The van der Waals surface area contributed by atoms with Gasteiger partial charge >= 0.3 is 5.97 Å². The van der Waals surface area contributed by atoms with E-state index in [-0.39, 0.29) is 24.9 Å². The summed E-state index contributed by atoms with van der Waals surface area (Å²) in [5.74, 6) is -1.57. The largest absolute Gasteiger partial charge is 0.480 e. The normalized spacial score (nSPS) is 17.3. The first-order valence-electron chi connectivity index (χ1n) is 8.15. The number of nitrogens with zero attached hydrogens (tertiary/aromatic N) is 3. The summed E-state index contributed by atoms with van der Waals surface area (Å²) in [6.45, 7) is 2.14. The second kappa shape index (κ2) is 7.79. The second-order valence-corrected chi connectivity index (χ2v) is 7.01. The van der Waals surface area contributed by atoms with Gasteiger partial charge in [-0.25, -0.2) is 0 Å². The molecule has 138 valence electrons. The number of morpholine rings is 1. The molecule has 0 spiro atoms. The van der Waals surface area contributed by atoms with Gasteiger partial charge in [-0.1, -0.05) is 0 Å². The molecule has 2 amide bonds. The third kappa shape index (κ3) is 4.17. The topological polar surface area (TPSA) is 100 Å². The van der Waals surface area contributed by atoms with Gasteiger partial charge in [-0.05, 0) is 17.5 Å². The van der Waals surface area contributed by atoms with Gasteiger partial charge in [-0.3, -0.25) is 19.4 Å². The van der Waals surface area contributed by atoms with Crippen LogP contribution < -0.4 is 0 Å². The average Bonchev–Trinajstić information content (AvgIpc) is 3.08. The number of ether oxygens (including phenoxy) is 1. The molecule has 26 heavy (non-hydrogen) atoms. The quantitative estimate of drug-likeness (QED) is 0.837. The molecule has 9 heteroatoms. The molecule has 1 atom stereocenters. The van der Waals surface area contributed by atoms with Crippen LogP contribution in [-0.2, 0) is 14.3 Å². The summed E-state index contributed by atoms with van der Waals surface area (Å²) in [7, 11) is 0. The number of aliphatic carboxylic acids is 1. The van der Waals surface area contributed by atoms with E-state index in [2.05, 4.69) is 4.98 Å². The van der Waals surface area contributed by atoms with E-state index in [1.165, 1.54) is 23.2 Å². The monoisotopic (exact) mass is 377 g/mol. The Morgan fingerprint density at radius 1 is 1.46 bits per heavy atom. The Bertz CT molecular complexity index is 837. The molecule has 3 rings (SSSR count).